The molecule has 5 aliphatic carbocycles. The number of hydrogen-bond donors (Lipinski definition) is 2. The highest BCUT2D eigenvalue weighted by molar-refractivity contribution is 9.10. The zero-order chi connectivity index (χ0) is 37.4. The van der Waals surface area contributed by atoms with Crippen molar-refractivity contribution in [1.29, 1.82) is 0 Å². The second kappa shape index (κ2) is 13.4. The van der Waals surface area contributed by atoms with E-state index in [2.05, 4.69) is 94.0 Å². The van der Waals surface area contributed by atoms with Crippen LogP contribution in [0, 0.1) is 56.2 Å². The molecule has 282 valence electrons. The number of allylic oxidation sites excluding steroid dienone is 2. The third kappa shape index (κ3) is 6.20. The first-order chi connectivity index (χ1) is 23.7. The van der Waals surface area contributed by atoms with E-state index in [1.165, 1.54) is 12.0 Å². The molecular weight excluding hydrogens is 702 g/mol. The highest BCUT2D eigenvalue weighted by Crippen LogP contribution is 2.77. The number of hydrogen-bond acceptors (Lipinski definition) is 5. The van der Waals surface area contributed by atoms with Crippen molar-refractivity contribution in [3.63, 3.8) is 0 Å². The number of fused-ring (bicyclic) bond motifs is 7. The molecule has 0 amide bonds. The Labute approximate surface area is 315 Å². The van der Waals surface area contributed by atoms with Gasteiger partial charge in [0.15, 0.2) is 5.78 Å². The Morgan fingerprint density at radius 3 is 2.24 bits per heavy atom. The number of carbonyl (C=O) groups is 3. The van der Waals surface area contributed by atoms with Gasteiger partial charge in [-0.1, -0.05) is 87.7 Å². The molecule has 0 unspecified atom stereocenters. The first kappa shape index (κ1) is 38.7. The highest BCUT2D eigenvalue weighted by atomic mass is 79.9. The Balaban J connectivity index is 1.24. The zero-order valence-corrected chi connectivity index (χ0v) is 34.4. The number of carboxylic acids is 1. The second-order valence-electron chi connectivity index (χ2n) is 19.6. The van der Waals surface area contributed by atoms with Gasteiger partial charge in [-0.2, -0.15) is 0 Å². The van der Waals surface area contributed by atoms with E-state index in [1.54, 1.807) is 25.0 Å². The van der Waals surface area contributed by atoms with Gasteiger partial charge in [-0.25, -0.2) is 0 Å². The van der Waals surface area contributed by atoms with E-state index in [0.29, 0.717) is 42.5 Å². The van der Waals surface area contributed by atoms with Crippen LogP contribution in [0.3, 0.4) is 0 Å². The Hall–Kier alpha value is -1.99. The monoisotopic (exact) mass is 765 g/mol. The number of esters is 1. The van der Waals surface area contributed by atoms with Crippen molar-refractivity contribution in [2.45, 2.75) is 146 Å². The van der Waals surface area contributed by atoms with E-state index in [0.717, 1.165) is 62.3 Å². The molecule has 51 heavy (non-hydrogen) atoms. The molecule has 0 aromatic heterocycles. The van der Waals surface area contributed by atoms with Gasteiger partial charge < -0.3 is 15.2 Å². The van der Waals surface area contributed by atoms with Gasteiger partial charge >= 0.3 is 11.9 Å². The molecule has 6 nitrogen and oxygen atoms in total. The molecule has 0 heterocycles. The standard InChI is InChI=1S/C44H64BrNO5/c1-27(2)30-16-21-44(34(47)26-46-25-28-10-12-29(45)13-11-28)23-22-42(8)31(37(30)44)14-15-33-41(7)19-18-35(51-36(48)24-39(3,4)38(49)50)40(5,6)32(41)17-20-43(33,42)9/h10-13,27,31-33,35,46H,14-26H2,1-9H3,(H,49,50)/t31-,32+,33-,35+,41+,42-,43-,44-/m1/s1. The van der Waals surface area contributed by atoms with E-state index in [4.69, 9.17) is 4.74 Å². The smallest absolute Gasteiger partial charge is 0.309 e. The molecule has 0 saturated heterocycles. The van der Waals surface area contributed by atoms with Crippen molar-refractivity contribution >= 4 is 33.7 Å². The van der Waals surface area contributed by atoms with Crippen molar-refractivity contribution in [1.82, 2.24) is 5.32 Å². The number of halogens is 1. The van der Waals surface area contributed by atoms with Crippen LogP contribution in [0.1, 0.15) is 139 Å². The van der Waals surface area contributed by atoms with E-state index >= 15 is 0 Å². The van der Waals surface area contributed by atoms with Crippen LogP contribution in [-0.2, 0) is 25.7 Å². The third-order valence-corrected chi connectivity index (χ3v) is 16.6. The second-order valence-corrected chi connectivity index (χ2v) is 20.6. The Kier molecular flexibility index (Phi) is 10.2. The molecule has 6 rings (SSSR count). The van der Waals surface area contributed by atoms with E-state index in [-0.39, 0.29) is 39.6 Å². The summed E-state index contributed by atoms with van der Waals surface area (Å²) in [6.45, 7) is 21.4. The maximum Gasteiger partial charge on any atom is 0.309 e. The van der Waals surface area contributed by atoms with Crippen LogP contribution < -0.4 is 5.32 Å². The van der Waals surface area contributed by atoms with Crippen LogP contribution in [0.15, 0.2) is 39.9 Å². The summed E-state index contributed by atoms with van der Waals surface area (Å²) in [5.74, 6) is 0.894. The van der Waals surface area contributed by atoms with Gasteiger partial charge in [0.2, 0.25) is 0 Å². The predicted octanol–water partition coefficient (Wildman–Crippen LogP) is 10.3. The molecule has 0 bridgehead atoms. The number of Topliss-reactive ketones (excluding diaryl/α,β-unsaturated/α-hetero) is 1. The molecule has 7 heteroatoms. The molecule has 2 N–H and O–H groups in total. The van der Waals surface area contributed by atoms with Crippen molar-refractivity contribution in [2.24, 2.45) is 56.2 Å². The molecule has 1 aromatic carbocycles. The predicted molar refractivity (Wildman–Crippen MR) is 206 cm³/mol. The van der Waals surface area contributed by atoms with E-state index in [1.807, 2.05) is 0 Å². The summed E-state index contributed by atoms with van der Waals surface area (Å²) in [7, 11) is 0. The number of rotatable bonds is 10. The van der Waals surface area contributed by atoms with Crippen LogP contribution in [0.5, 0.6) is 0 Å². The summed E-state index contributed by atoms with van der Waals surface area (Å²) in [6, 6.07) is 8.34. The molecule has 0 radical (unpaired) electrons. The minimum Gasteiger partial charge on any atom is -0.481 e. The van der Waals surface area contributed by atoms with Crippen molar-refractivity contribution in [2.75, 3.05) is 6.54 Å². The minimum atomic E-state index is -1.14. The summed E-state index contributed by atoms with van der Waals surface area (Å²) in [5, 5.41) is 13.1. The first-order valence-corrected chi connectivity index (χ1v) is 20.7. The zero-order valence-electron chi connectivity index (χ0n) is 32.8. The molecule has 5 aliphatic rings. The van der Waals surface area contributed by atoms with Gasteiger partial charge in [0, 0.05) is 16.4 Å². The number of ketones is 1. The fourth-order valence-electron chi connectivity index (χ4n) is 13.0. The van der Waals surface area contributed by atoms with Gasteiger partial charge in [-0.15, -0.1) is 0 Å². The Morgan fingerprint density at radius 2 is 1.59 bits per heavy atom. The van der Waals surface area contributed by atoms with Gasteiger partial charge in [0.25, 0.3) is 0 Å². The van der Waals surface area contributed by atoms with Crippen LogP contribution in [0.25, 0.3) is 0 Å². The summed E-state index contributed by atoms with van der Waals surface area (Å²) in [5.41, 5.74) is 3.03. The molecule has 8 atom stereocenters. The SMILES string of the molecule is CC(C)C1=C2[C@H]3CC[C@@H]4[C@@]5(C)CC[C@H](OC(=O)CC(C)(C)C(=O)O)C(C)(C)[C@@H]5CC[C@@]4(C)[C@]3(C)CC[C@@]2(C(=O)CNCc2ccc(Br)cc2)CC1. The average Bonchev–Trinajstić information content (AvgIpc) is 3.45. The maximum atomic E-state index is 14.5. The highest BCUT2D eigenvalue weighted by Gasteiger charge is 2.70. The summed E-state index contributed by atoms with van der Waals surface area (Å²) in [4.78, 5) is 39.3. The molecule has 4 fully saturated rings. The molecule has 4 saturated carbocycles. The summed E-state index contributed by atoms with van der Waals surface area (Å²) in [6.07, 6.45) is 10.2. The largest absolute Gasteiger partial charge is 0.481 e. The van der Waals surface area contributed by atoms with Crippen molar-refractivity contribution in [3.8, 4) is 0 Å². The van der Waals surface area contributed by atoms with E-state index < -0.39 is 17.4 Å². The topological polar surface area (TPSA) is 92.7 Å². The van der Waals surface area contributed by atoms with Gasteiger partial charge in [-0.05, 0) is 136 Å². The van der Waals surface area contributed by atoms with Gasteiger partial charge in [0.1, 0.15) is 6.10 Å². The molecule has 1 aromatic rings. The third-order valence-electron chi connectivity index (χ3n) is 16.1. The number of aliphatic carboxylic acids is 1. The number of benzene rings is 1. The maximum absolute atomic E-state index is 14.5. The Morgan fingerprint density at radius 1 is 0.902 bits per heavy atom. The number of nitrogens with one attached hydrogen (secondary N) is 1. The lowest BCUT2D eigenvalue weighted by molar-refractivity contribution is -0.233. The van der Waals surface area contributed by atoms with Crippen molar-refractivity contribution < 1.29 is 24.2 Å². The lowest BCUT2D eigenvalue weighted by atomic mass is 9.33. The first-order valence-electron chi connectivity index (χ1n) is 19.9. The lowest BCUT2D eigenvalue weighted by Gasteiger charge is -2.72. The van der Waals surface area contributed by atoms with Gasteiger partial charge in [-0.3, -0.25) is 14.4 Å². The van der Waals surface area contributed by atoms with Crippen LogP contribution in [-0.4, -0.2) is 35.5 Å². The lowest BCUT2D eigenvalue weighted by Crippen LogP contribution is -2.66. The van der Waals surface area contributed by atoms with E-state index in [9.17, 15) is 19.5 Å². The quantitative estimate of drug-likeness (QED) is 0.182. The van der Waals surface area contributed by atoms with Crippen molar-refractivity contribution in [3.05, 3.63) is 45.4 Å². The fourth-order valence-corrected chi connectivity index (χ4v) is 13.3. The fraction of sp³-hybridized carbons (Fsp3) is 0.750. The molecular formula is C44H64BrNO5. The number of ether oxygens (including phenoxy) is 1. The minimum absolute atomic E-state index is 0.114. The molecule has 0 spiro atoms. The average molecular weight is 767 g/mol. The normalized spacial score (nSPS) is 37.2. The number of carbonyl (C=O) groups excluding carboxylic acids is 2. The number of carboxylic acid groups (broad SMARTS) is 1. The molecule has 0 aliphatic heterocycles. The summed E-state index contributed by atoms with van der Waals surface area (Å²) >= 11 is 3.53. The van der Waals surface area contributed by atoms with Crippen LogP contribution >= 0.6 is 15.9 Å². The summed E-state index contributed by atoms with van der Waals surface area (Å²) < 4.78 is 7.24. The van der Waals surface area contributed by atoms with Crippen LogP contribution in [0.4, 0.5) is 0 Å². The van der Waals surface area contributed by atoms with Crippen LogP contribution in [0.2, 0.25) is 0 Å². The Bertz CT molecular complexity index is 1580. The van der Waals surface area contributed by atoms with Gasteiger partial charge in [0.05, 0.1) is 23.8 Å².